The SMILES string of the molecule is CC(=O)c1cccc(OCC(=O)OCc2sc3ccccc3c2Cl)c1. The molecule has 4 nitrogen and oxygen atoms in total. The third-order valence-electron chi connectivity index (χ3n) is 3.56. The minimum Gasteiger partial charge on any atom is -0.482 e. The van der Waals surface area contributed by atoms with Gasteiger partial charge in [0, 0.05) is 15.6 Å². The van der Waals surface area contributed by atoms with Gasteiger partial charge in [-0.05, 0) is 25.1 Å². The van der Waals surface area contributed by atoms with E-state index in [0.29, 0.717) is 16.3 Å². The van der Waals surface area contributed by atoms with Crippen molar-refractivity contribution in [2.24, 2.45) is 0 Å². The average molecular weight is 375 g/mol. The molecule has 0 bridgehead atoms. The van der Waals surface area contributed by atoms with Crippen LogP contribution in [0.25, 0.3) is 10.1 Å². The van der Waals surface area contributed by atoms with E-state index in [0.717, 1.165) is 15.0 Å². The van der Waals surface area contributed by atoms with Crippen LogP contribution in [0.5, 0.6) is 5.75 Å². The van der Waals surface area contributed by atoms with E-state index in [1.54, 1.807) is 24.3 Å². The molecule has 0 aliphatic heterocycles. The van der Waals surface area contributed by atoms with Gasteiger partial charge in [-0.3, -0.25) is 4.79 Å². The van der Waals surface area contributed by atoms with Crippen molar-refractivity contribution in [2.45, 2.75) is 13.5 Å². The normalized spacial score (nSPS) is 10.6. The Hall–Kier alpha value is -2.37. The molecular weight excluding hydrogens is 360 g/mol. The first-order chi connectivity index (χ1) is 12.0. The summed E-state index contributed by atoms with van der Waals surface area (Å²) in [5.74, 6) is -0.112. The minimum absolute atomic E-state index is 0.0626. The Kier molecular flexibility index (Phi) is 5.36. The number of thiophene rings is 1. The zero-order valence-electron chi connectivity index (χ0n) is 13.5. The molecule has 0 saturated carbocycles. The minimum atomic E-state index is -0.498. The summed E-state index contributed by atoms with van der Waals surface area (Å²) in [4.78, 5) is 24.0. The molecule has 128 valence electrons. The fraction of sp³-hybridized carbons (Fsp3) is 0.158. The predicted molar refractivity (Wildman–Crippen MR) is 98.6 cm³/mol. The molecule has 6 heteroatoms. The molecular formula is C19H15ClO4S. The van der Waals surface area contributed by atoms with E-state index in [1.165, 1.54) is 18.3 Å². The molecule has 0 N–H and O–H groups in total. The van der Waals surface area contributed by atoms with E-state index in [2.05, 4.69) is 0 Å². The van der Waals surface area contributed by atoms with Crippen molar-refractivity contribution in [1.29, 1.82) is 0 Å². The number of ether oxygens (including phenoxy) is 2. The number of carbonyl (C=O) groups excluding carboxylic acids is 2. The summed E-state index contributed by atoms with van der Waals surface area (Å²) in [6, 6.07) is 14.4. The highest BCUT2D eigenvalue weighted by Crippen LogP contribution is 2.35. The van der Waals surface area contributed by atoms with E-state index in [1.807, 2.05) is 24.3 Å². The fourth-order valence-electron chi connectivity index (χ4n) is 2.29. The van der Waals surface area contributed by atoms with Crippen molar-refractivity contribution in [3.63, 3.8) is 0 Å². The number of esters is 1. The van der Waals surface area contributed by atoms with E-state index < -0.39 is 5.97 Å². The lowest BCUT2D eigenvalue weighted by atomic mass is 10.1. The molecule has 1 aromatic heterocycles. The Morgan fingerprint density at radius 1 is 1.12 bits per heavy atom. The number of hydrogen-bond donors (Lipinski definition) is 0. The third-order valence-corrected chi connectivity index (χ3v) is 5.25. The number of rotatable bonds is 6. The first-order valence-corrected chi connectivity index (χ1v) is 8.79. The van der Waals surface area contributed by atoms with Crippen molar-refractivity contribution in [3.8, 4) is 5.75 Å². The van der Waals surface area contributed by atoms with E-state index >= 15 is 0 Å². The van der Waals surface area contributed by atoms with Gasteiger partial charge in [0.05, 0.1) is 9.90 Å². The molecule has 0 spiro atoms. The van der Waals surface area contributed by atoms with Crippen LogP contribution in [0.2, 0.25) is 5.02 Å². The Labute approximate surface area is 153 Å². The molecule has 0 aliphatic carbocycles. The van der Waals surface area contributed by atoms with Gasteiger partial charge in [-0.1, -0.05) is 41.9 Å². The lowest BCUT2D eigenvalue weighted by Gasteiger charge is -2.07. The lowest BCUT2D eigenvalue weighted by molar-refractivity contribution is -0.147. The highest BCUT2D eigenvalue weighted by Gasteiger charge is 2.12. The third kappa shape index (κ3) is 4.18. The van der Waals surface area contributed by atoms with E-state index in [-0.39, 0.29) is 19.0 Å². The lowest BCUT2D eigenvalue weighted by Crippen LogP contribution is -2.14. The number of hydrogen-bond acceptors (Lipinski definition) is 5. The molecule has 1 heterocycles. The highest BCUT2D eigenvalue weighted by molar-refractivity contribution is 7.19. The molecule has 2 aromatic carbocycles. The Balaban J connectivity index is 1.57. The second-order valence-corrected chi connectivity index (χ2v) is 6.88. The second kappa shape index (κ2) is 7.68. The molecule has 3 aromatic rings. The van der Waals surface area contributed by atoms with Crippen molar-refractivity contribution in [1.82, 2.24) is 0 Å². The number of Topliss-reactive ketones (excluding diaryl/α,β-unsaturated/α-hetero) is 1. The molecule has 0 atom stereocenters. The maximum atomic E-state index is 11.9. The van der Waals surface area contributed by atoms with Crippen molar-refractivity contribution in [3.05, 3.63) is 64.0 Å². The van der Waals surface area contributed by atoms with Crippen LogP contribution >= 0.6 is 22.9 Å². The van der Waals surface area contributed by atoms with E-state index in [4.69, 9.17) is 21.1 Å². The monoisotopic (exact) mass is 374 g/mol. The Morgan fingerprint density at radius 3 is 2.68 bits per heavy atom. The molecule has 0 fully saturated rings. The smallest absolute Gasteiger partial charge is 0.344 e. The van der Waals surface area contributed by atoms with Crippen LogP contribution in [-0.4, -0.2) is 18.4 Å². The summed E-state index contributed by atoms with van der Waals surface area (Å²) >= 11 is 7.81. The van der Waals surface area contributed by atoms with Crippen LogP contribution in [0, 0.1) is 0 Å². The van der Waals surface area contributed by atoms with Crippen LogP contribution in [0.3, 0.4) is 0 Å². The topological polar surface area (TPSA) is 52.6 Å². The van der Waals surface area contributed by atoms with Crippen molar-refractivity contribution < 1.29 is 19.1 Å². The van der Waals surface area contributed by atoms with Crippen molar-refractivity contribution >= 4 is 44.8 Å². The summed E-state index contributed by atoms with van der Waals surface area (Å²) < 4.78 is 11.7. The van der Waals surface area contributed by atoms with Crippen LogP contribution in [0.4, 0.5) is 0 Å². The van der Waals surface area contributed by atoms with Gasteiger partial charge in [0.25, 0.3) is 0 Å². The molecule has 0 radical (unpaired) electrons. The zero-order valence-corrected chi connectivity index (χ0v) is 15.0. The zero-order chi connectivity index (χ0) is 17.8. The fourth-order valence-corrected chi connectivity index (χ4v) is 3.69. The number of ketones is 1. The molecule has 0 amide bonds. The van der Waals surface area contributed by atoms with Crippen LogP contribution < -0.4 is 4.74 Å². The molecule has 0 unspecified atom stereocenters. The highest BCUT2D eigenvalue weighted by atomic mass is 35.5. The summed E-state index contributed by atoms with van der Waals surface area (Å²) in [6.45, 7) is 1.35. The Bertz CT molecular complexity index is 932. The largest absolute Gasteiger partial charge is 0.482 e. The summed E-state index contributed by atoms with van der Waals surface area (Å²) in [5, 5.41) is 1.57. The van der Waals surface area contributed by atoms with Crippen LogP contribution in [0.15, 0.2) is 48.5 Å². The molecule has 0 aliphatic rings. The van der Waals surface area contributed by atoms with Gasteiger partial charge in [-0.25, -0.2) is 4.79 Å². The number of halogens is 1. The quantitative estimate of drug-likeness (QED) is 0.456. The maximum Gasteiger partial charge on any atom is 0.344 e. The van der Waals surface area contributed by atoms with Crippen LogP contribution in [0.1, 0.15) is 22.2 Å². The maximum absolute atomic E-state index is 11.9. The summed E-state index contributed by atoms with van der Waals surface area (Å²) in [7, 11) is 0. The standard InChI is InChI=1S/C19H15ClO4S/c1-12(21)13-5-4-6-14(9-13)23-11-18(22)24-10-17-19(20)15-7-2-3-8-16(15)25-17/h2-9H,10-11H2,1H3. The van der Waals surface area contributed by atoms with E-state index in [9.17, 15) is 9.59 Å². The average Bonchev–Trinajstić information content (AvgIpc) is 2.95. The second-order valence-electron chi connectivity index (χ2n) is 5.37. The van der Waals surface area contributed by atoms with Gasteiger partial charge in [-0.15, -0.1) is 11.3 Å². The van der Waals surface area contributed by atoms with Crippen molar-refractivity contribution in [2.75, 3.05) is 6.61 Å². The van der Waals surface area contributed by atoms with Gasteiger partial charge < -0.3 is 9.47 Å². The first kappa shape index (κ1) is 17.5. The van der Waals surface area contributed by atoms with Gasteiger partial charge in [0.2, 0.25) is 0 Å². The Morgan fingerprint density at radius 2 is 1.92 bits per heavy atom. The van der Waals surface area contributed by atoms with Gasteiger partial charge in [0.1, 0.15) is 12.4 Å². The first-order valence-electron chi connectivity index (χ1n) is 7.60. The van der Waals surface area contributed by atoms with Gasteiger partial charge in [-0.2, -0.15) is 0 Å². The van der Waals surface area contributed by atoms with Gasteiger partial charge in [0.15, 0.2) is 12.4 Å². The van der Waals surface area contributed by atoms with Crippen LogP contribution in [-0.2, 0) is 16.1 Å². The number of carbonyl (C=O) groups is 2. The predicted octanol–water partition coefficient (Wildman–Crippen LogP) is 4.88. The summed E-state index contributed by atoms with van der Waals surface area (Å²) in [5.41, 5.74) is 0.530. The molecule has 3 rings (SSSR count). The molecule has 0 saturated heterocycles. The molecule has 25 heavy (non-hydrogen) atoms. The number of fused-ring (bicyclic) bond motifs is 1. The number of benzene rings is 2. The summed E-state index contributed by atoms with van der Waals surface area (Å²) in [6.07, 6.45) is 0. The van der Waals surface area contributed by atoms with Gasteiger partial charge >= 0.3 is 5.97 Å².